The molecule has 3 heterocycles. The SMILES string of the molecule is CC(=O)C1=NN(c2ccc(C)cc2)[C@]2(S1)S/C(=C\c1cccs1)C(=O)N2c1ccccc1. The van der Waals surface area contributed by atoms with Crippen molar-refractivity contribution in [1.29, 1.82) is 0 Å². The lowest BCUT2D eigenvalue weighted by Gasteiger charge is -2.38. The van der Waals surface area contributed by atoms with Crippen LogP contribution in [-0.2, 0) is 9.59 Å². The summed E-state index contributed by atoms with van der Waals surface area (Å²) in [6.45, 7) is 3.53. The zero-order chi connectivity index (χ0) is 22.3. The lowest BCUT2D eigenvalue weighted by molar-refractivity contribution is -0.114. The molecule has 5 nitrogen and oxygen atoms in total. The van der Waals surface area contributed by atoms with Gasteiger partial charge in [0.1, 0.15) is 0 Å². The van der Waals surface area contributed by atoms with Crippen molar-refractivity contribution < 1.29 is 9.59 Å². The molecule has 1 amide bonds. The summed E-state index contributed by atoms with van der Waals surface area (Å²) in [7, 11) is 0. The maximum absolute atomic E-state index is 13.8. The van der Waals surface area contributed by atoms with Gasteiger partial charge in [-0.1, -0.05) is 53.7 Å². The number of thiophene rings is 1. The maximum atomic E-state index is 13.8. The van der Waals surface area contributed by atoms with Gasteiger partial charge in [0.15, 0.2) is 10.8 Å². The van der Waals surface area contributed by atoms with Gasteiger partial charge in [0, 0.05) is 17.5 Å². The summed E-state index contributed by atoms with van der Waals surface area (Å²) < 4.78 is -0.974. The molecule has 160 valence electrons. The van der Waals surface area contributed by atoms with E-state index in [1.165, 1.54) is 30.4 Å². The van der Waals surface area contributed by atoms with Crippen molar-refractivity contribution in [2.24, 2.45) is 5.10 Å². The molecule has 0 bridgehead atoms. The fourth-order valence-electron chi connectivity index (χ4n) is 3.52. The standard InChI is InChI=1S/C24H19N3O2S3/c1-16-10-12-19(13-11-16)27-24(32-22(25-27)17(2)28)26(18-7-4-3-5-8-18)23(29)21(31-24)15-20-9-6-14-30-20/h3-15H,1-2H3/b21-15-/t24-/m0/s1. The van der Waals surface area contributed by atoms with Crippen molar-refractivity contribution in [2.45, 2.75) is 18.2 Å². The minimum atomic E-state index is -0.974. The molecular formula is C24H19N3O2S3. The first-order valence-electron chi connectivity index (χ1n) is 9.97. The Morgan fingerprint density at radius 1 is 0.969 bits per heavy atom. The average molecular weight is 478 g/mol. The van der Waals surface area contributed by atoms with Crippen LogP contribution < -0.4 is 9.91 Å². The highest BCUT2D eigenvalue weighted by molar-refractivity contribution is 8.29. The number of hydrogen-bond donors (Lipinski definition) is 0. The lowest BCUT2D eigenvalue weighted by Crippen LogP contribution is -2.51. The number of para-hydroxylation sites is 1. The van der Waals surface area contributed by atoms with Crippen LogP contribution in [0.5, 0.6) is 0 Å². The molecule has 0 aliphatic carbocycles. The monoisotopic (exact) mass is 477 g/mol. The van der Waals surface area contributed by atoms with E-state index in [-0.39, 0.29) is 11.7 Å². The largest absolute Gasteiger partial charge is 0.292 e. The molecule has 0 N–H and O–H groups in total. The van der Waals surface area contributed by atoms with Crippen LogP contribution in [-0.4, -0.2) is 21.1 Å². The van der Waals surface area contributed by atoms with E-state index in [4.69, 9.17) is 0 Å². The molecule has 1 spiro atoms. The van der Waals surface area contributed by atoms with E-state index in [1.807, 2.05) is 85.1 Å². The topological polar surface area (TPSA) is 53.0 Å². The lowest BCUT2D eigenvalue weighted by atomic mass is 10.2. The normalized spacial score (nSPS) is 21.6. The Morgan fingerprint density at radius 3 is 2.38 bits per heavy atom. The number of carbonyl (C=O) groups excluding carboxylic acids is 2. The van der Waals surface area contributed by atoms with Gasteiger partial charge in [0.05, 0.1) is 10.6 Å². The number of aryl methyl sites for hydroxylation is 1. The van der Waals surface area contributed by atoms with Gasteiger partial charge < -0.3 is 0 Å². The van der Waals surface area contributed by atoms with Gasteiger partial charge in [-0.25, -0.2) is 5.01 Å². The zero-order valence-corrected chi connectivity index (χ0v) is 19.8. The highest BCUT2D eigenvalue weighted by atomic mass is 32.2. The Bertz CT molecular complexity index is 1240. The van der Waals surface area contributed by atoms with Gasteiger partial charge in [0.2, 0.25) is 4.33 Å². The number of carbonyl (C=O) groups is 2. The Hall–Kier alpha value is -2.81. The second-order valence-electron chi connectivity index (χ2n) is 7.36. The molecule has 8 heteroatoms. The van der Waals surface area contributed by atoms with Crippen molar-refractivity contribution >= 4 is 69.0 Å². The number of nitrogens with zero attached hydrogens (tertiary/aromatic N) is 3. The minimum absolute atomic E-state index is 0.112. The second kappa shape index (κ2) is 8.27. The molecule has 2 aliphatic rings. The van der Waals surface area contributed by atoms with Gasteiger partial charge in [-0.05, 0) is 60.5 Å². The Morgan fingerprint density at radius 2 is 1.72 bits per heavy atom. The van der Waals surface area contributed by atoms with Crippen molar-refractivity contribution in [1.82, 2.24) is 0 Å². The fraction of sp³-hybridized carbons (Fsp3) is 0.125. The number of benzene rings is 2. The summed E-state index contributed by atoms with van der Waals surface area (Å²) in [5.41, 5.74) is 2.70. The predicted molar refractivity (Wildman–Crippen MR) is 136 cm³/mol. The van der Waals surface area contributed by atoms with E-state index >= 15 is 0 Å². The highest BCUT2D eigenvalue weighted by Gasteiger charge is 2.59. The molecule has 0 radical (unpaired) electrons. The molecule has 1 aromatic heterocycles. The number of rotatable bonds is 4. The summed E-state index contributed by atoms with van der Waals surface area (Å²) in [5.74, 6) is -0.236. The van der Waals surface area contributed by atoms with Gasteiger partial charge in [0.25, 0.3) is 5.91 Å². The fourth-order valence-corrected chi connectivity index (χ4v) is 7.12. The zero-order valence-electron chi connectivity index (χ0n) is 17.4. The molecule has 1 fully saturated rings. The third kappa shape index (κ3) is 3.58. The Labute approximate surface area is 198 Å². The maximum Gasteiger partial charge on any atom is 0.268 e. The number of amides is 1. The van der Waals surface area contributed by atoms with Crippen molar-refractivity contribution in [3.05, 3.63) is 87.5 Å². The van der Waals surface area contributed by atoms with Crippen LogP contribution in [0.4, 0.5) is 11.4 Å². The van der Waals surface area contributed by atoms with Gasteiger partial charge >= 0.3 is 0 Å². The molecule has 1 atom stereocenters. The highest BCUT2D eigenvalue weighted by Crippen LogP contribution is 2.59. The summed E-state index contributed by atoms with van der Waals surface area (Å²) in [6, 6.07) is 21.5. The van der Waals surface area contributed by atoms with E-state index in [9.17, 15) is 9.59 Å². The van der Waals surface area contributed by atoms with E-state index in [2.05, 4.69) is 5.10 Å². The molecule has 1 saturated heterocycles. The third-order valence-corrected chi connectivity index (χ3v) is 8.68. The van der Waals surface area contributed by atoms with E-state index in [0.29, 0.717) is 9.95 Å². The van der Waals surface area contributed by atoms with Crippen LogP contribution in [0, 0.1) is 6.92 Å². The minimum Gasteiger partial charge on any atom is -0.292 e. The molecular weight excluding hydrogens is 458 g/mol. The average Bonchev–Trinajstić information content (AvgIpc) is 3.49. The van der Waals surface area contributed by atoms with Crippen molar-refractivity contribution in [2.75, 3.05) is 9.91 Å². The number of ketones is 1. The van der Waals surface area contributed by atoms with Gasteiger partial charge in [-0.2, -0.15) is 5.10 Å². The van der Waals surface area contributed by atoms with E-state index in [1.54, 1.807) is 21.2 Å². The molecule has 2 aliphatic heterocycles. The van der Waals surface area contributed by atoms with Crippen LogP contribution in [0.25, 0.3) is 6.08 Å². The quantitative estimate of drug-likeness (QED) is 0.435. The summed E-state index contributed by atoms with van der Waals surface area (Å²) in [4.78, 5) is 29.5. The Kier molecular flexibility index (Phi) is 5.44. The number of Topliss-reactive ketones (excluding diaryl/α,β-unsaturated/α-hetero) is 1. The first-order valence-corrected chi connectivity index (χ1v) is 12.5. The number of thioether (sulfide) groups is 2. The van der Waals surface area contributed by atoms with Crippen molar-refractivity contribution in [3.63, 3.8) is 0 Å². The Balaban J connectivity index is 1.69. The molecule has 0 unspecified atom stereocenters. The number of hydrazone groups is 1. The predicted octanol–water partition coefficient (Wildman–Crippen LogP) is 5.94. The molecule has 32 heavy (non-hydrogen) atoms. The van der Waals surface area contributed by atoms with E-state index < -0.39 is 4.33 Å². The van der Waals surface area contributed by atoms with Crippen LogP contribution in [0.3, 0.4) is 0 Å². The summed E-state index contributed by atoms with van der Waals surface area (Å²) in [6.07, 6.45) is 1.92. The van der Waals surface area contributed by atoms with Crippen LogP contribution in [0.2, 0.25) is 0 Å². The van der Waals surface area contributed by atoms with Gasteiger partial charge in [-0.3, -0.25) is 14.5 Å². The summed E-state index contributed by atoms with van der Waals surface area (Å²) >= 11 is 4.32. The van der Waals surface area contributed by atoms with Crippen LogP contribution >= 0.6 is 34.9 Å². The number of anilines is 2. The first kappa shape index (κ1) is 21.1. The van der Waals surface area contributed by atoms with Crippen LogP contribution in [0.15, 0.2) is 82.1 Å². The third-order valence-electron chi connectivity index (χ3n) is 5.04. The molecule has 0 saturated carbocycles. The smallest absolute Gasteiger partial charge is 0.268 e. The molecule has 5 rings (SSSR count). The summed E-state index contributed by atoms with van der Waals surface area (Å²) in [5, 5.41) is 8.86. The molecule has 2 aromatic carbocycles. The first-order chi connectivity index (χ1) is 15.5. The number of hydrogen-bond acceptors (Lipinski definition) is 7. The van der Waals surface area contributed by atoms with Crippen LogP contribution in [0.1, 0.15) is 17.4 Å². The molecule has 3 aromatic rings. The van der Waals surface area contributed by atoms with Crippen molar-refractivity contribution in [3.8, 4) is 0 Å². The van der Waals surface area contributed by atoms with E-state index in [0.717, 1.165) is 21.8 Å². The second-order valence-corrected chi connectivity index (χ2v) is 11.0. The van der Waals surface area contributed by atoms with Gasteiger partial charge in [-0.15, -0.1) is 11.3 Å².